The fourth-order valence-electron chi connectivity index (χ4n) is 3.92. The molecule has 0 bridgehead atoms. The maximum Gasteiger partial charge on any atom is 0.185 e. The number of piperidine rings is 1. The van der Waals surface area contributed by atoms with Crippen molar-refractivity contribution in [1.82, 2.24) is 19.8 Å². The van der Waals surface area contributed by atoms with Crippen LogP contribution in [0.25, 0.3) is 10.4 Å². The van der Waals surface area contributed by atoms with E-state index in [0.29, 0.717) is 17.4 Å². The minimum Gasteiger partial charge on any atom is -0.383 e. The highest BCUT2D eigenvalue weighted by Crippen LogP contribution is 2.35. The summed E-state index contributed by atoms with van der Waals surface area (Å²) in [5.74, 6) is 6.87. The Morgan fingerprint density at radius 2 is 1.97 bits per heavy atom. The number of hydrogen-bond donors (Lipinski definition) is 2. The van der Waals surface area contributed by atoms with Crippen LogP contribution in [0.2, 0.25) is 0 Å². The van der Waals surface area contributed by atoms with Gasteiger partial charge >= 0.3 is 0 Å². The van der Waals surface area contributed by atoms with Gasteiger partial charge in [0.15, 0.2) is 7.98 Å². The zero-order valence-corrected chi connectivity index (χ0v) is 20.3. The van der Waals surface area contributed by atoms with Gasteiger partial charge in [-0.3, -0.25) is 0 Å². The van der Waals surface area contributed by atoms with Crippen molar-refractivity contribution in [2.45, 2.75) is 51.0 Å². The molecule has 0 amide bonds. The molecule has 3 aromatic rings. The van der Waals surface area contributed by atoms with Crippen LogP contribution in [-0.4, -0.2) is 51.5 Å². The van der Waals surface area contributed by atoms with Gasteiger partial charge in [0.05, 0.1) is 9.88 Å². The molecule has 0 atom stereocenters. The van der Waals surface area contributed by atoms with E-state index in [0.717, 1.165) is 47.5 Å². The van der Waals surface area contributed by atoms with E-state index >= 15 is 0 Å². The standard InChI is InChI=1S/C25H30BN5OS/c1-25(2,32)9-5-21-13-17(6-10-28-21)3-4-19-14-20(15-29-23(19)27)22-16-30-24(33-22)18-7-11-31(26)12-8-18/h6,10,13-16,18,32H,3-4,7-8,11-12,26H2,1-2H3,(H2,27,29). The Kier molecular flexibility index (Phi) is 7.13. The minimum atomic E-state index is -1.04. The number of nitrogens with zero attached hydrogens (tertiary/aromatic N) is 4. The molecule has 4 heterocycles. The second-order valence-electron chi connectivity index (χ2n) is 9.27. The number of aryl methyl sites for hydroxylation is 2. The molecule has 1 aliphatic rings. The number of rotatable bonds is 5. The molecule has 0 radical (unpaired) electrons. The fourth-order valence-corrected chi connectivity index (χ4v) is 4.98. The van der Waals surface area contributed by atoms with Gasteiger partial charge in [-0.15, -0.1) is 11.3 Å². The topological polar surface area (TPSA) is 88.2 Å². The van der Waals surface area contributed by atoms with E-state index < -0.39 is 5.60 Å². The van der Waals surface area contributed by atoms with Gasteiger partial charge in [0.25, 0.3) is 0 Å². The van der Waals surface area contributed by atoms with Gasteiger partial charge in [-0.25, -0.2) is 15.0 Å². The number of pyridine rings is 2. The van der Waals surface area contributed by atoms with E-state index in [1.165, 1.54) is 17.8 Å². The highest BCUT2D eigenvalue weighted by Gasteiger charge is 2.21. The Morgan fingerprint density at radius 1 is 1.18 bits per heavy atom. The van der Waals surface area contributed by atoms with Crippen molar-refractivity contribution in [2.24, 2.45) is 0 Å². The van der Waals surface area contributed by atoms with Crippen molar-refractivity contribution in [1.29, 1.82) is 0 Å². The van der Waals surface area contributed by atoms with Gasteiger partial charge in [0.1, 0.15) is 17.1 Å². The molecule has 6 nitrogen and oxygen atoms in total. The van der Waals surface area contributed by atoms with Gasteiger partial charge in [-0.1, -0.05) is 5.92 Å². The third-order valence-corrected chi connectivity index (χ3v) is 7.09. The summed E-state index contributed by atoms with van der Waals surface area (Å²) >= 11 is 1.78. The second-order valence-corrected chi connectivity index (χ2v) is 10.3. The highest BCUT2D eigenvalue weighted by molar-refractivity contribution is 7.15. The molecule has 1 fully saturated rings. The number of nitrogens with two attached hydrogens (primary N) is 1. The minimum absolute atomic E-state index is 0.557. The lowest BCUT2D eigenvalue weighted by atomic mass is 9.96. The third-order valence-electron chi connectivity index (χ3n) is 5.88. The van der Waals surface area contributed by atoms with Crippen molar-refractivity contribution in [3.05, 3.63) is 58.6 Å². The van der Waals surface area contributed by atoms with Crippen molar-refractivity contribution in [3.8, 4) is 22.3 Å². The molecule has 0 aliphatic carbocycles. The van der Waals surface area contributed by atoms with Crippen LogP contribution in [0.15, 0.2) is 36.8 Å². The number of nitrogen functional groups attached to an aromatic ring is 1. The van der Waals surface area contributed by atoms with E-state index in [2.05, 4.69) is 40.7 Å². The van der Waals surface area contributed by atoms with Gasteiger partial charge in [0, 0.05) is 30.1 Å². The number of aromatic nitrogens is 3. The first-order valence-corrected chi connectivity index (χ1v) is 12.2. The summed E-state index contributed by atoms with van der Waals surface area (Å²) in [6, 6.07) is 6.09. The Labute approximate surface area is 200 Å². The van der Waals surface area contributed by atoms with Crippen molar-refractivity contribution in [3.63, 3.8) is 0 Å². The van der Waals surface area contributed by atoms with Crippen LogP contribution >= 0.6 is 11.3 Å². The first kappa shape index (κ1) is 23.4. The summed E-state index contributed by atoms with van der Waals surface area (Å²) in [6.07, 6.45) is 9.50. The van der Waals surface area contributed by atoms with Gasteiger partial charge in [-0.2, -0.15) is 0 Å². The Morgan fingerprint density at radius 3 is 2.73 bits per heavy atom. The summed E-state index contributed by atoms with van der Waals surface area (Å²) in [6.45, 7) is 5.58. The number of thiazole rings is 1. The Balaban J connectivity index is 1.46. The van der Waals surface area contributed by atoms with E-state index in [4.69, 9.17) is 10.7 Å². The third kappa shape index (κ3) is 6.41. The van der Waals surface area contributed by atoms with E-state index in [1.807, 2.05) is 24.5 Å². The van der Waals surface area contributed by atoms with Crippen LogP contribution < -0.4 is 5.73 Å². The van der Waals surface area contributed by atoms with Crippen LogP contribution in [-0.2, 0) is 12.8 Å². The zero-order chi connectivity index (χ0) is 23.4. The molecule has 33 heavy (non-hydrogen) atoms. The molecule has 4 rings (SSSR count). The predicted octanol–water partition coefficient (Wildman–Crippen LogP) is 2.82. The smallest absolute Gasteiger partial charge is 0.185 e. The largest absolute Gasteiger partial charge is 0.383 e. The maximum absolute atomic E-state index is 9.81. The summed E-state index contributed by atoms with van der Waals surface area (Å²) in [5.41, 5.74) is 9.04. The average Bonchev–Trinajstić information content (AvgIpc) is 3.28. The monoisotopic (exact) mass is 459 g/mol. The summed E-state index contributed by atoms with van der Waals surface area (Å²) < 4.78 is 0. The molecule has 0 saturated carbocycles. The zero-order valence-electron chi connectivity index (χ0n) is 19.5. The summed E-state index contributed by atoms with van der Waals surface area (Å²) in [7, 11) is 2.18. The van der Waals surface area contributed by atoms with Crippen molar-refractivity contribution < 1.29 is 5.11 Å². The van der Waals surface area contributed by atoms with Crippen LogP contribution in [0.3, 0.4) is 0 Å². The number of aliphatic hydroxyl groups is 1. The van der Waals surface area contributed by atoms with Crippen LogP contribution in [0.5, 0.6) is 0 Å². The SMILES string of the molecule is BN1CCC(c2ncc(-c3cnc(N)c(CCc4ccnc(C#CC(C)(C)O)c4)c3)s2)CC1. The first-order chi connectivity index (χ1) is 15.8. The lowest BCUT2D eigenvalue weighted by molar-refractivity contribution is 0.143. The van der Waals surface area contributed by atoms with Crippen molar-refractivity contribution in [2.75, 3.05) is 18.8 Å². The lowest BCUT2D eigenvalue weighted by Crippen LogP contribution is -2.30. The van der Waals surface area contributed by atoms with Crippen LogP contribution in [0, 0.1) is 11.8 Å². The Bertz CT molecular complexity index is 1170. The molecular weight excluding hydrogens is 429 g/mol. The van der Waals surface area contributed by atoms with E-state index in [1.54, 1.807) is 31.4 Å². The van der Waals surface area contributed by atoms with Gasteiger partial charge in [0.2, 0.25) is 0 Å². The maximum atomic E-state index is 9.81. The molecule has 3 aromatic heterocycles. The molecular formula is C25H30BN5OS. The van der Waals surface area contributed by atoms with E-state index in [-0.39, 0.29) is 0 Å². The number of anilines is 1. The molecule has 0 unspecified atom stereocenters. The van der Waals surface area contributed by atoms with Crippen molar-refractivity contribution >= 4 is 25.1 Å². The highest BCUT2D eigenvalue weighted by atomic mass is 32.1. The fraction of sp³-hybridized carbons (Fsp3) is 0.400. The summed E-state index contributed by atoms with van der Waals surface area (Å²) in [4.78, 5) is 17.0. The van der Waals surface area contributed by atoms with Crippen LogP contribution in [0.4, 0.5) is 5.82 Å². The Hall–Kier alpha value is -2.73. The number of hydrogen-bond acceptors (Lipinski definition) is 7. The molecule has 0 aromatic carbocycles. The van der Waals surface area contributed by atoms with Gasteiger partial charge < -0.3 is 15.7 Å². The predicted molar refractivity (Wildman–Crippen MR) is 137 cm³/mol. The molecule has 1 saturated heterocycles. The molecule has 1 aliphatic heterocycles. The molecule has 170 valence electrons. The average molecular weight is 459 g/mol. The normalized spacial score (nSPS) is 15.2. The van der Waals surface area contributed by atoms with Crippen LogP contribution in [0.1, 0.15) is 54.4 Å². The first-order valence-electron chi connectivity index (χ1n) is 11.4. The van der Waals surface area contributed by atoms with E-state index in [9.17, 15) is 5.11 Å². The molecule has 0 spiro atoms. The second kappa shape index (κ2) is 10.0. The lowest BCUT2D eigenvalue weighted by Gasteiger charge is -2.27. The van der Waals surface area contributed by atoms with Gasteiger partial charge in [-0.05, 0) is 87.9 Å². The summed E-state index contributed by atoms with van der Waals surface area (Å²) in [5, 5.41) is 11.0. The molecule has 8 heteroatoms. The quantitative estimate of drug-likeness (QED) is 0.451. The molecule has 3 N–H and O–H groups in total.